The molecule has 0 aliphatic heterocycles. The van der Waals surface area contributed by atoms with E-state index >= 15 is 0 Å². The summed E-state index contributed by atoms with van der Waals surface area (Å²) in [4.78, 5) is 0. The lowest BCUT2D eigenvalue weighted by Crippen LogP contribution is -2.05. The number of alkyl halides is 4. The van der Waals surface area contributed by atoms with E-state index < -0.39 is 11.7 Å². The Morgan fingerprint density at radius 1 is 1.00 bits per heavy atom. The Kier molecular flexibility index (Phi) is 4.15. The van der Waals surface area contributed by atoms with Crippen molar-refractivity contribution in [2.45, 2.75) is 11.5 Å². The molecule has 0 radical (unpaired) electrons. The third-order valence-corrected chi connectivity index (χ3v) is 3.47. The van der Waals surface area contributed by atoms with Crippen LogP contribution in [-0.4, -0.2) is 0 Å². The molecule has 0 saturated heterocycles. The van der Waals surface area contributed by atoms with Crippen LogP contribution in [0.2, 0.25) is 0 Å². The highest BCUT2D eigenvalue weighted by Gasteiger charge is 2.31. The summed E-state index contributed by atoms with van der Waals surface area (Å²) in [5.41, 5.74) is 1.49. The molecule has 2 aromatic rings. The molecular weight excluding hydrogens is 331 g/mol. The number of hydrogen-bond donors (Lipinski definition) is 0. The van der Waals surface area contributed by atoms with Crippen LogP contribution in [0.3, 0.4) is 0 Å². The van der Waals surface area contributed by atoms with E-state index in [1.807, 2.05) is 6.07 Å². The third-order valence-electron chi connectivity index (χ3n) is 2.82. The van der Waals surface area contributed by atoms with Gasteiger partial charge in [-0.05, 0) is 41.0 Å². The summed E-state index contributed by atoms with van der Waals surface area (Å²) < 4.78 is 38.6. The number of rotatable bonds is 2. The highest BCUT2D eigenvalue weighted by molar-refractivity contribution is 9.08. The molecule has 0 aliphatic rings. The molecule has 20 heavy (non-hydrogen) atoms. The molecule has 0 N–H and O–H groups in total. The number of hydrogen-bond acceptors (Lipinski definition) is 1. The average Bonchev–Trinajstić information content (AvgIpc) is 2.46. The number of nitrogens with zero attached hydrogens (tertiary/aromatic N) is 1. The molecule has 0 aliphatic carbocycles. The second-order valence-electron chi connectivity index (χ2n) is 4.24. The van der Waals surface area contributed by atoms with Crippen molar-refractivity contribution < 1.29 is 13.2 Å². The molecule has 2 aromatic carbocycles. The highest BCUT2D eigenvalue weighted by Crippen LogP contribution is 2.34. The second-order valence-corrected chi connectivity index (χ2v) is 4.80. The van der Waals surface area contributed by atoms with Crippen LogP contribution in [0.4, 0.5) is 13.2 Å². The lowest BCUT2D eigenvalue weighted by Gasteiger charge is -2.11. The van der Waals surface area contributed by atoms with E-state index in [1.165, 1.54) is 0 Å². The van der Waals surface area contributed by atoms with Crippen LogP contribution in [0.5, 0.6) is 0 Å². The maximum Gasteiger partial charge on any atom is 0.416 e. The van der Waals surface area contributed by atoms with Crippen molar-refractivity contribution >= 4 is 15.9 Å². The van der Waals surface area contributed by atoms with Gasteiger partial charge in [-0.1, -0.05) is 34.1 Å². The van der Waals surface area contributed by atoms with Crippen molar-refractivity contribution in [3.63, 3.8) is 0 Å². The molecule has 0 amide bonds. The van der Waals surface area contributed by atoms with Gasteiger partial charge < -0.3 is 0 Å². The third kappa shape index (κ3) is 3.20. The van der Waals surface area contributed by atoms with Gasteiger partial charge >= 0.3 is 6.18 Å². The summed E-state index contributed by atoms with van der Waals surface area (Å²) in [6, 6.07) is 12.4. The average molecular weight is 340 g/mol. The molecule has 0 spiro atoms. The van der Waals surface area contributed by atoms with Gasteiger partial charge in [0.1, 0.15) is 0 Å². The summed E-state index contributed by atoms with van der Waals surface area (Å²) in [5, 5.41) is 9.07. The van der Waals surface area contributed by atoms with E-state index in [1.54, 1.807) is 30.3 Å². The van der Waals surface area contributed by atoms with E-state index in [0.717, 1.165) is 12.1 Å². The molecule has 0 bridgehead atoms. The van der Waals surface area contributed by atoms with Gasteiger partial charge in [-0.25, -0.2) is 0 Å². The maximum atomic E-state index is 12.9. The number of nitriles is 1. The van der Waals surface area contributed by atoms with Crippen LogP contribution in [0.1, 0.15) is 16.7 Å². The summed E-state index contributed by atoms with van der Waals surface area (Å²) in [6.07, 6.45) is -4.38. The Bertz CT molecular complexity index is 654. The predicted molar refractivity (Wildman–Crippen MR) is 74.2 cm³/mol. The fourth-order valence-electron chi connectivity index (χ4n) is 1.84. The topological polar surface area (TPSA) is 23.8 Å². The highest BCUT2D eigenvalue weighted by atomic mass is 79.9. The predicted octanol–water partition coefficient (Wildman–Crippen LogP) is 5.14. The largest absolute Gasteiger partial charge is 0.416 e. The lowest BCUT2D eigenvalue weighted by atomic mass is 9.99. The van der Waals surface area contributed by atoms with Gasteiger partial charge in [0.05, 0.1) is 17.2 Å². The van der Waals surface area contributed by atoms with Crippen molar-refractivity contribution in [2.24, 2.45) is 0 Å². The van der Waals surface area contributed by atoms with Crippen molar-refractivity contribution in [2.75, 3.05) is 0 Å². The zero-order valence-corrected chi connectivity index (χ0v) is 11.8. The first-order valence-corrected chi connectivity index (χ1v) is 6.84. The molecule has 0 aromatic heterocycles. The molecule has 0 fully saturated rings. The van der Waals surface area contributed by atoms with Gasteiger partial charge in [-0.15, -0.1) is 0 Å². The van der Waals surface area contributed by atoms with E-state index in [2.05, 4.69) is 15.9 Å². The first kappa shape index (κ1) is 14.6. The van der Waals surface area contributed by atoms with Gasteiger partial charge in [0.15, 0.2) is 0 Å². The minimum atomic E-state index is -4.38. The van der Waals surface area contributed by atoms with Crippen LogP contribution in [-0.2, 0) is 11.5 Å². The summed E-state index contributed by atoms with van der Waals surface area (Å²) in [7, 11) is 0. The Morgan fingerprint density at radius 3 is 2.15 bits per heavy atom. The standard InChI is InChI=1S/C15H9BrF3N/c16-8-11-5-13(7-14(6-11)15(17,18)19)12-3-1-10(9-20)2-4-12/h1-7H,8H2. The van der Waals surface area contributed by atoms with Crippen LogP contribution >= 0.6 is 15.9 Å². The first-order valence-electron chi connectivity index (χ1n) is 5.71. The number of halogens is 4. The van der Waals surface area contributed by atoms with Crippen molar-refractivity contribution in [3.8, 4) is 17.2 Å². The molecule has 2 rings (SSSR count). The molecule has 5 heteroatoms. The minimum absolute atomic E-state index is 0.347. The summed E-state index contributed by atoms with van der Waals surface area (Å²) in [6.45, 7) is 0. The summed E-state index contributed by atoms with van der Waals surface area (Å²) in [5.74, 6) is 0. The monoisotopic (exact) mass is 339 g/mol. The SMILES string of the molecule is N#Cc1ccc(-c2cc(CBr)cc(C(F)(F)F)c2)cc1. The Labute approximate surface area is 122 Å². The molecule has 0 unspecified atom stereocenters. The first-order chi connectivity index (χ1) is 9.44. The molecule has 102 valence electrons. The molecule has 0 saturated carbocycles. The van der Waals surface area contributed by atoms with E-state index in [9.17, 15) is 13.2 Å². The van der Waals surface area contributed by atoms with Crippen molar-refractivity contribution in [3.05, 3.63) is 59.2 Å². The zero-order valence-electron chi connectivity index (χ0n) is 10.2. The zero-order chi connectivity index (χ0) is 14.8. The Morgan fingerprint density at radius 2 is 1.65 bits per heavy atom. The lowest BCUT2D eigenvalue weighted by molar-refractivity contribution is -0.137. The van der Waals surface area contributed by atoms with Gasteiger partial charge in [0.2, 0.25) is 0 Å². The Hall–Kier alpha value is -1.80. The van der Waals surface area contributed by atoms with Gasteiger partial charge in [-0.2, -0.15) is 18.4 Å². The van der Waals surface area contributed by atoms with E-state index in [0.29, 0.717) is 27.6 Å². The van der Waals surface area contributed by atoms with Crippen LogP contribution < -0.4 is 0 Å². The second kappa shape index (κ2) is 5.68. The van der Waals surface area contributed by atoms with E-state index in [4.69, 9.17) is 5.26 Å². The quantitative estimate of drug-likeness (QED) is 0.695. The maximum absolute atomic E-state index is 12.9. The van der Waals surface area contributed by atoms with E-state index in [-0.39, 0.29) is 0 Å². The summed E-state index contributed by atoms with van der Waals surface area (Å²) >= 11 is 3.18. The fourth-order valence-corrected chi connectivity index (χ4v) is 2.16. The molecular formula is C15H9BrF3N. The Balaban J connectivity index is 2.52. The van der Waals surface area contributed by atoms with Crippen LogP contribution in [0.25, 0.3) is 11.1 Å². The number of benzene rings is 2. The molecule has 0 atom stereocenters. The molecule has 0 heterocycles. The fraction of sp³-hybridized carbons (Fsp3) is 0.133. The normalized spacial score (nSPS) is 11.2. The smallest absolute Gasteiger partial charge is 0.192 e. The van der Waals surface area contributed by atoms with Gasteiger partial charge in [0, 0.05) is 5.33 Å². The van der Waals surface area contributed by atoms with Crippen LogP contribution in [0, 0.1) is 11.3 Å². The van der Waals surface area contributed by atoms with Crippen molar-refractivity contribution in [1.29, 1.82) is 5.26 Å². The minimum Gasteiger partial charge on any atom is -0.192 e. The van der Waals surface area contributed by atoms with Crippen LogP contribution in [0.15, 0.2) is 42.5 Å². The van der Waals surface area contributed by atoms with Crippen molar-refractivity contribution in [1.82, 2.24) is 0 Å². The molecule has 1 nitrogen and oxygen atoms in total. The van der Waals surface area contributed by atoms with Gasteiger partial charge in [-0.3, -0.25) is 0 Å². The van der Waals surface area contributed by atoms with Gasteiger partial charge in [0.25, 0.3) is 0 Å².